The summed E-state index contributed by atoms with van der Waals surface area (Å²) in [5, 5.41) is 10.4. The van der Waals surface area contributed by atoms with Crippen molar-refractivity contribution in [2.45, 2.75) is 38.1 Å². The van der Waals surface area contributed by atoms with Crippen molar-refractivity contribution in [1.82, 2.24) is 0 Å². The standard InChI is InChI=1S/C19H18Cl3NO2/c1-9(2)12-8-15(10(3)6-16(12)24)23-18(17(22)19(23)25)11-4-5-13(20)14(21)7-11/h4-9,17-18,24H,1-3H3. The molecule has 0 aromatic heterocycles. The Hall–Kier alpha value is -1.42. The van der Waals surface area contributed by atoms with Crippen molar-refractivity contribution in [3.05, 3.63) is 57.1 Å². The van der Waals surface area contributed by atoms with Gasteiger partial charge in [-0.15, -0.1) is 11.6 Å². The topological polar surface area (TPSA) is 40.5 Å². The number of carbonyl (C=O) groups is 1. The molecule has 0 bridgehead atoms. The Morgan fingerprint density at radius 2 is 1.80 bits per heavy atom. The highest BCUT2D eigenvalue weighted by atomic mass is 35.5. The van der Waals surface area contributed by atoms with E-state index in [4.69, 9.17) is 34.8 Å². The van der Waals surface area contributed by atoms with Gasteiger partial charge in [0.2, 0.25) is 5.91 Å². The molecule has 0 radical (unpaired) electrons. The highest BCUT2D eigenvalue weighted by molar-refractivity contribution is 6.42. The van der Waals surface area contributed by atoms with Crippen LogP contribution in [0.1, 0.15) is 42.5 Å². The van der Waals surface area contributed by atoms with Crippen molar-refractivity contribution >= 4 is 46.4 Å². The summed E-state index contributed by atoms with van der Waals surface area (Å²) in [5.74, 6) is 0.199. The molecular formula is C19H18Cl3NO2. The molecule has 2 aromatic carbocycles. The maximum Gasteiger partial charge on any atom is 0.248 e. The van der Waals surface area contributed by atoms with Gasteiger partial charge in [0.1, 0.15) is 11.1 Å². The normalized spacial score (nSPS) is 20.1. The zero-order valence-corrected chi connectivity index (χ0v) is 16.3. The van der Waals surface area contributed by atoms with E-state index in [1.54, 1.807) is 23.1 Å². The quantitative estimate of drug-likeness (QED) is 0.522. The van der Waals surface area contributed by atoms with Crippen molar-refractivity contribution in [3.63, 3.8) is 0 Å². The summed E-state index contributed by atoms with van der Waals surface area (Å²) in [7, 11) is 0. The van der Waals surface area contributed by atoms with Gasteiger partial charge in [-0.05, 0) is 53.8 Å². The van der Waals surface area contributed by atoms with E-state index >= 15 is 0 Å². The Balaban J connectivity index is 2.07. The van der Waals surface area contributed by atoms with Gasteiger partial charge in [0.05, 0.1) is 16.1 Å². The lowest BCUT2D eigenvalue weighted by atomic mass is 9.90. The number of alkyl halides is 1. The third-order valence-electron chi connectivity index (χ3n) is 4.54. The fourth-order valence-corrected chi connectivity index (χ4v) is 3.83. The van der Waals surface area contributed by atoms with Crippen molar-refractivity contribution in [3.8, 4) is 5.75 Å². The Morgan fingerprint density at radius 1 is 1.12 bits per heavy atom. The Kier molecular flexibility index (Phi) is 4.93. The first-order valence-corrected chi connectivity index (χ1v) is 9.17. The first-order valence-electron chi connectivity index (χ1n) is 7.98. The van der Waals surface area contributed by atoms with Crippen LogP contribution in [0, 0.1) is 6.92 Å². The summed E-state index contributed by atoms with van der Waals surface area (Å²) in [5.41, 5.74) is 3.18. The molecule has 1 N–H and O–H groups in total. The van der Waals surface area contributed by atoms with Crippen LogP contribution in [0.2, 0.25) is 10.0 Å². The first kappa shape index (κ1) is 18.4. The minimum Gasteiger partial charge on any atom is -0.508 e. The van der Waals surface area contributed by atoms with Gasteiger partial charge >= 0.3 is 0 Å². The highest BCUT2D eigenvalue weighted by Gasteiger charge is 2.48. The number of anilines is 1. The van der Waals surface area contributed by atoms with Gasteiger partial charge in [-0.3, -0.25) is 4.79 Å². The van der Waals surface area contributed by atoms with Crippen molar-refractivity contribution in [2.24, 2.45) is 0 Å². The van der Waals surface area contributed by atoms with Crippen LogP contribution in [0.15, 0.2) is 30.3 Å². The molecule has 2 unspecified atom stereocenters. The van der Waals surface area contributed by atoms with Gasteiger partial charge in [0, 0.05) is 5.69 Å². The molecule has 0 aliphatic carbocycles. The third-order valence-corrected chi connectivity index (χ3v) is 5.71. The number of amides is 1. The minimum atomic E-state index is -0.659. The van der Waals surface area contributed by atoms with E-state index < -0.39 is 5.38 Å². The van der Waals surface area contributed by atoms with E-state index in [1.165, 1.54) is 0 Å². The summed E-state index contributed by atoms with van der Waals surface area (Å²) >= 11 is 18.4. The van der Waals surface area contributed by atoms with Crippen LogP contribution >= 0.6 is 34.8 Å². The SMILES string of the molecule is Cc1cc(O)c(C(C)C)cc1N1C(=O)C(Cl)C1c1ccc(Cl)c(Cl)c1. The predicted octanol–water partition coefficient (Wildman–Crippen LogP) is 5.83. The zero-order valence-electron chi connectivity index (χ0n) is 14.1. The summed E-state index contributed by atoms with van der Waals surface area (Å²) < 4.78 is 0. The van der Waals surface area contributed by atoms with E-state index in [9.17, 15) is 9.90 Å². The highest BCUT2D eigenvalue weighted by Crippen LogP contribution is 2.46. The number of carbonyl (C=O) groups excluding carboxylic acids is 1. The molecule has 25 heavy (non-hydrogen) atoms. The number of rotatable bonds is 3. The number of hydrogen-bond donors (Lipinski definition) is 1. The Labute approximate surface area is 162 Å². The maximum absolute atomic E-state index is 12.5. The van der Waals surface area contributed by atoms with Crippen LogP contribution in [-0.4, -0.2) is 16.4 Å². The molecule has 0 spiro atoms. The second-order valence-corrected chi connectivity index (χ2v) is 7.87. The monoisotopic (exact) mass is 397 g/mol. The number of β-lactam (4-membered cyclic amide) rings is 1. The van der Waals surface area contributed by atoms with Gasteiger partial charge in [-0.1, -0.05) is 43.1 Å². The second kappa shape index (κ2) is 6.71. The molecule has 0 saturated carbocycles. The number of hydrogen-bond acceptors (Lipinski definition) is 2. The number of halogens is 3. The van der Waals surface area contributed by atoms with Gasteiger partial charge in [-0.25, -0.2) is 0 Å². The number of benzene rings is 2. The van der Waals surface area contributed by atoms with E-state index in [1.807, 2.05) is 32.9 Å². The molecule has 1 saturated heterocycles. The average Bonchev–Trinajstić information content (AvgIpc) is 2.55. The lowest BCUT2D eigenvalue weighted by molar-refractivity contribution is -0.123. The van der Waals surface area contributed by atoms with Crippen molar-refractivity contribution in [2.75, 3.05) is 4.90 Å². The average molecular weight is 399 g/mol. The van der Waals surface area contributed by atoms with Crippen molar-refractivity contribution < 1.29 is 9.90 Å². The molecule has 2 atom stereocenters. The number of phenols is 1. The van der Waals surface area contributed by atoms with Gasteiger partial charge in [0.15, 0.2) is 0 Å². The van der Waals surface area contributed by atoms with E-state index in [0.717, 1.165) is 22.4 Å². The smallest absolute Gasteiger partial charge is 0.248 e. The van der Waals surface area contributed by atoms with E-state index in [0.29, 0.717) is 10.0 Å². The number of aryl methyl sites for hydroxylation is 1. The van der Waals surface area contributed by atoms with Crippen LogP contribution in [0.3, 0.4) is 0 Å². The van der Waals surface area contributed by atoms with Gasteiger partial charge in [-0.2, -0.15) is 0 Å². The number of phenolic OH excluding ortho intramolecular Hbond substituents is 1. The zero-order chi connectivity index (χ0) is 18.5. The van der Waals surface area contributed by atoms with E-state index in [2.05, 4.69) is 0 Å². The van der Waals surface area contributed by atoms with Crippen LogP contribution in [0.25, 0.3) is 0 Å². The predicted molar refractivity (Wildman–Crippen MR) is 103 cm³/mol. The summed E-state index contributed by atoms with van der Waals surface area (Å²) in [6, 6.07) is 8.49. The molecule has 1 heterocycles. The van der Waals surface area contributed by atoms with Gasteiger partial charge in [0.25, 0.3) is 0 Å². The Morgan fingerprint density at radius 3 is 2.40 bits per heavy atom. The largest absolute Gasteiger partial charge is 0.508 e. The van der Waals surface area contributed by atoms with Crippen LogP contribution < -0.4 is 4.90 Å². The summed E-state index contributed by atoms with van der Waals surface area (Å²) in [4.78, 5) is 14.2. The third kappa shape index (κ3) is 3.10. The fraction of sp³-hybridized carbons (Fsp3) is 0.316. The fourth-order valence-electron chi connectivity index (χ4n) is 3.16. The molecule has 2 aromatic rings. The molecular weight excluding hydrogens is 381 g/mol. The summed E-state index contributed by atoms with van der Waals surface area (Å²) in [6.45, 7) is 5.85. The van der Waals surface area contributed by atoms with E-state index in [-0.39, 0.29) is 23.6 Å². The van der Waals surface area contributed by atoms with Gasteiger partial charge < -0.3 is 10.0 Å². The minimum absolute atomic E-state index is 0.131. The molecule has 3 nitrogen and oxygen atoms in total. The molecule has 1 aliphatic heterocycles. The molecule has 1 amide bonds. The van der Waals surface area contributed by atoms with Crippen LogP contribution in [0.5, 0.6) is 5.75 Å². The molecule has 132 valence electrons. The van der Waals surface area contributed by atoms with Crippen molar-refractivity contribution in [1.29, 1.82) is 0 Å². The first-order chi connectivity index (χ1) is 11.7. The Bertz CT molecular complexity index is 851. The lowest BCUT2D eigenvalue weighted by Gasteiger charge is -2.45. The number of aromatic hydroxyl groups is 1. The van der Waals surface area contributed by atoms with Crippen LogP contribution in [-0.2, 0) is 4.79 Å². The number of nitrogens with zero attached hydrogens (tertiary/aromatic N) is 1. The molecule has 1 fully saturated rings. The lowest BCUT2D eigenvalue weighted by Crippen LogP contribution is -2.56. The second-order valence-electron chi connectivity index (χ2n) is 6.58. The molecule has 6 heteroatoms. The summed E-state index contributed by atoms with van der Waals surface area (Å²) in [6.07, 6.45) is 0. The maximum atomic E-state index is 12.5. The molecule has 3 rings (SSSR count). The van der Waals surface area contributed by atoms with Crippen LogP contribution in [0.4, 0.5) is 5.69 Å². The molecule has 1 aliphatic rings.